The van der Waals surface area contributed by atoms with Crippen LogP contribution in [0.3, 0.4) is 0 Å². The Balaban J connectivity index is 0. The number of nitrogens with two attached hydrogens (primary N) is 1. The molecule has 0 heterocycles. The van der Waals surface area contributed by atoms with Gasteiger partial charge in [0.25, 0.3) is 0 Å². The number of hydrogen-bond donors (Lipinski definition) is 1. The Labute approximate surface area is 138 Å². The van der Waals surface area contributed by atoms with Crippen molar-refractivity contribution in [2.24, 2.45) is 5.73 Å². The monoisotopic (exact) mass is 337 g/mol. The Morgan fingerprint density at radius 3 is 2.00 bits per heavy atom. The highest BCUT2D eigenvalue weighted by atomic mass is 35.5. The lowest BCUT2D eigenvalue weighted by atomic mass is 10.1. The van der Waals surface area contributed by atoms with E-state index in [0.717, 1.165) is 25.7 Å². The number of halogens is 1. The quantitative estimate of drug-likeness (QED) is 0.334. The third-order valence-electron chi connectivity index (χ3n) is 2.91. The zero-order valence-electron chi connectivity index (χ0n) is 13.5. The molecule has 0 aromatic rings. The van der Waals surface area contributed by atoms with E-state index < -0.39 is 12.3 Å². The fraction of sp³-hybridized carbons (Fsp3) is 0.800. The summed E-state index contributed by atoms with van der Waals surface area (Å²) >= 11 is 0. The summed E-state index contributed by atoms with van der Waals surface area (Å²) in [7, 11) is 0. The molecule has 0 rings (SSSR count). The van der Waals surface area contributed by atoms with E-state index in [0.29, 0.717) is 6.42 Å². The summed E-state index contributed by atoms with van der Waals surface area (Å²) in [5.41, 5.74) is 5.13. The summed E-state index contributed by atoms with van der Waals surface area (Å²) in [5.74, 6) is -1.14. The number of rotatable bonds is 12. The van der Waals surface area contributed by atoms with Crippen LogP contribution in [0.5, 0.6) is 0 Å². The Morgan fingerprint density at radius 2 is 1.45 bits per heavy atom. The summed E-state index contributed by atoms with van der Waals surface area (Å²) in [5, 5.41) is 0. The van der Waals surface area contributed by atoms with Gasteiger partial charge in [-0.1, -0.05) is 32.6 Å². The van der Waals surface area contributed by atoms with Crippen LogP contribution in [0.25, 0.3) is 0 Å². The first-order valence-corrected chi connectivity index (χ1v) is 7.60. The molecule has 0 saturated carbocycles. The number of unbranched alkanes of at least 4 members (excludes halogenated alkanes) is 4. The lowest BCUT2D eigenvalue weighted by Gasteiger charge is -2.14. The molecule has 0 aliphatic carbocycles. The molecule has 6 nitrogen and oxygen atoms in total. The van der Waals surface area contributed by atoms with Gasteiger partial charge in [-0.3, -0.25) is 14.4 Å². The van der Waals surface area contributed by atoms with Gasteiger partial charge in [-0.15, -0.1) is 12.4 Å². The Morgan fingerprint density at radius 1 is 0.909 bits per heavy atom. The van der Waals surface area contributed by atoms with Gasteiger partial charge < -0.3 is 15.2 Å². The molecule has 1 atom stereocenters. The number of carbonyl (C=O) groups excluding carboxylic acids is 3. The van der Waals surface area contributed by atoms with Crippen molar-refractivity contribution in [1.82, 2.24) is 0 Å². The highest BCUT2D eigenvalue weighted by molar-refractivity contribution is 5.85. The minimum atomic E-state index is -0.923. The van der Waals surface area contributed by atoms with Crippen LogP contribution in [0.2, 0.25) is 0 Å². The van der Waals surface area contributed by atoms with E-state index in [2.05, 4.69) is 6.92 Å². The zero-order chi connectivity index (χ0) is 16.1. The van der Waals surface area contributed by atoms with Crippen molar-refractivity contribution in [3.63, 3.8) is 0 Å². The van der Waals surface area contributed by atoms with Crippen LogP contribution in [0.1, 0.15) is 65.2 Å². The van der Waals surface area contributed by atoms with Crippen LogP contribution in [0.15, 0.2) is 0 Å². The number of ether oxygens (including phenoxy) is 2. The van der Waals surface area contributed by atoms with Crippen LogP contribution in [0.4, 0.5) is 0 Å². The Hall–Kier alpha value is -1.14. The lowest BCUT2D eigenvalue weighted by Crippen LogP contribution is -2.22. The van der Waals surface area contributed by atoms with E-state index in [1.54, 1.807) is 0 Å². The maximum absolute atomic E-state index is 11.5. The molecule has 0 bridgehead atoms. The van der Waals surface area contributed by atoms with Gasteiger partial charge in [-0.2, -0.15) is 0 Å². The molecule has 7 heteroatoms. The highest BCUT2D eigenvalue weighted by Crippen LogP contribution is 2.07. The van der Waals surface area contributed by atoms with Crippen molar-refractivity contribution >= 4 is 30.1 Å². The third kappa shape index (κ3) is 13.8. The smallest absolute Gasteiger partial charge is 0.309 e. The first-order valence-electron chi connectivity index (χ1n) is 7.60. The first kappa shape index (κ1) is 23.1. The minimum Gasteiger partial charge on any atom is -0.425 e. The van der Waals surface area contributed by atoms with Gasteiger partial charge in [0, 0.05) is 19.8 Å². The van der Waals surface area contributed by atoms with Crippen molar-refractivity contribution in [2.45, 2.75) is 71.5 Å². The molecule has 0 saturated heterocycles. The maximum Gasteiger partial charge on any atom is 0.309 e. The molecule has 0 aliphatic rings. The third-order valence-corrected chi connectivity index (χ3v) is 2.91. The SMILES string of the molecule is CCCCCCCC(=O)OC(C)OC(=O)CCC(=O)CN.Cl. The second-order valence-corrected chi connectivity index (χ2v) is 4.95. The second kappa shape index (κ2) is 14.8. The van der Waals surface area contributed by atoms with E-state index in [1.807, 2.05) is 0 Å². The summed E-state index contributed by atoms with van der Waals surface area (Å²) in [6.07, 6.45) is 4.63. The predicted octanol–water partition coefficient (Wildman–Crippen LogP) is 2.51. The van der Waals surface area contributed by atoms with Crippen molar-refractivity contribution in [3.05, 3.63) is 0 Å². The fourth-order valence-electron chi connectivity index (χ4n) is 1.73. The maximum atomic E-state index is 11.5. The molecule has 22 heavy (non-hydrogen) atoms. The summed E-state index contributed by atoms with van der Waals surface area (Å²) in [6, 6.07) is 0. The van der Waals surface area contributed by atoms with Crippen LogP contribution in [-0.2, 0) is 23.9 Å². The molecule has 0 aromatic carbocycles. The van der Waals surface area contributed by atoms with Gasteiger partial charge >= 0.3 is 11.9 Å². The average molecular weight is 338 g/mol. The molecule has 0 aliphatic heterocycles. The molecular weight excluding hydrogens is 310 g/mol. The minimum absolute atomic E-state index is 0. The number of hydrogen-bond acceptors (Lipinski definition) is 6. The second-order valence-electron chi connectivity index (χ2n) is 4.95. The first-order chi connectivity index (χ1) is 9.99. The van der Waals surface area contributed by atoms with Crippen LogP contribution >= 0.6 is 12.4 Å². The molecule has 2 N–H and O–H groups in total. The van der Waals surface area contributed by atoms with E-state index in [-0.39, 0.29) is 43.5 Å². The zero-order valence-corrected chi connectivity index (χ0v) is 14.3. The van der Waals surface area contributed by atoms with E-state index in [4.69, 9.17) is 15.2 Å². The average Bonchev–Trinajstić information content (AvgIpc) is 2.44. The lowest BCUT2D eigenvalue weighted by molar-refractivity contribution is -0.184. The van der Waals surface area contributed by atoms with Gasteiger partial charge in [-0.25, -0.2) is 0 Å². The predicted molar refractivity (Wildman–Crippen MR) is 85.6 cm³/mol. The molecular formula is C15H28ClNO5. The standard InChI is InChI=1S/C15H27NO5.ClH/c1-3-4-5-6-7-8-14(18)20-12(2)21-15(19)10-9-13(17)11-16;/h12H,3-11,16H2,1-2H3;1H. The Bertz CT molecular complexity index is 336. The van der Waals surface area contributed by atoms with Crippen molar-refractivity contribution in [3.8, 4) is 0 Å². The summed E-state index contributed by atoms with van der Waals surface area (Å²) < 4.78 is 9.85. The van der Waals surface area contributed by atoms with Crippen molar-refractivity contribution < 1.29 is 23.9 Å². The molecule has 0 fully saturated rings. The van der Waals surface area contributed by atoms with Crippen LogP contribution in [-0.4, -0.2) is 30.6 Å². The van der Waals surface area contributed by atoms with Gasteiger partial charge in [0.1, 0.15) is 5.78 Å². The van der Waals surface area contributed by atoms with Gasteiger partial charge in [-0.05, 0) is 6.42 Å². The summed E-state index contributed by atoms with van der Waals surface area (Å²) in [6.45, 7) is 3.53. The van der Waals surface area contributed by atoms with E-state index in [1.165, 1.54) is 13.3 Å². The fourth-order valence-corrected chi connectivity index (χ4v) is 1.73. The summed E-state index contributed by atoms with van der Waals surface area (Å²) in [4.78, 5) is 33.8. The van der Waals surface area contributed by atoms with Gasteiger partial charge in [0.2, 0.25) is 6.29 Å². The Kier molecular flexibility index (Phi) is 15.5. The largest absolute Gasteiger partial charge is 0.425 e. The normalized spacial score (nSPS) is 11.2. The van der Waals surface area contributed by atoms with Crippen molar-refractivity contribution in [2.75, 3.05) is 6.54 Å². The van der Waals surface area contributed by atoms with E-state index in [9.17, 15) is 14.4 Å². The topological polar surface area (TPSA) is 95.7 Å². The number of carbonyl (C=O) groups is 3. The van der Waals surface area contributed by atoms with Crippen LogP contribution < -0.4 is 5.73 Å². The van der Waals surface area contributed by atoms with Crippen molar-refractivity contribution in [1.29, 1.82) is 0 Å². The molecule has 0 spiro atoms. The van der Waals surface area contributed by atoms with Gasteiger partial charge in [0.05, 0.1) is 13.0 Å². The number of esters is 2. The molecule has 0 radical (unpaired) electrons. The van der Waals surface area contributed by atoms with Crippen LogP contribution in [0, 0.1) is 0 Å². The molecule has 0 amide bonds. The molecule has 0 aromatic heterocycles. The molecule has 130 valence electrons. The highest BCUT2D eigenvalue weighted by Gasteiger charge is 2.14. The number of ketones is 1. The number of Topliss-reactive ketones (excluding diaryl/α,β-unsaturated/α-hetero) is 1. The van der Waals surface area contributed by atoms with Gasteiger partial charge in [0.15, 0.2) is 0 Å². The molecule has 1 unspecified atom stereocenters. The van der Waals surface area contributed by atoms with E-state index >= 15 is 0 Å².